The zero-order chi connectivity index (χ0) is 18.6. The van der Waals surface area contributed by atoms with Gasteiger partial charge in [0, 0.05) is 22.4 Å². The van der Waals surface area contributed by atoms with Crippen LogP contribution in [-0.4, -0.2) is 22.4 Å². The molecule has 0 aromatic rings. The molecule has 0 saturated heterocycles. The van der Waals surface area contributed by atoms with E-state index in [9.17, 15) is 0 Å². The third-order valence-corrected chi connectivity index (χ3v) is 5.53. The quantitative estimate of drug-likeness (QED) is 0.0889. The van der Waals surface area contributed by atoms with Gasteiger partial charge < -0.3 is 4.74 Å². The molecule has 0 saturated carbocycles. The lowest BCUT2D eigenvalue weighted by Gasteiger charge is -2.06. The van der Waals surface area contributed by atoms with Gasteiger partial charge in [0.25, 0.3) is 0 Å². The van der Waals surface area contributed by atoms with Crippen molar-refractivity contribution in [2.75, 3.05) is 13.2 Å². The summed E-state index contributed by atoms with van der Waals surface area (Å²) < 4.78 is 6.27. The highest BCUT2D eigenvalue weighted by Crippen LogP contribution is 2.15. The van der Waals surface area contributed by atoms with E-state index in [1.807, 2.05) is 0 Å². The highest BCUT2D eigenvalue weighted by molar-refractivity contribution is 7.99. The van der Waals surface area contributed by atoms with Crippen molar-refractivity contribution < 1.29 is 4.74 Å². The fraction of sp³-hybridized carbons (Fsp3) is 1.00. The summed E-state index contributed by atoms with van der Waals surface area (Å²) in [7, 11) is 0. The molecule has 0 aliphatic heterocycles. The van der Waals surface area contributed by atoms with Crippen LogP contribution >= 0.6 is 50.5 Å². The first-order valence-corrected chi connectivity index (χ1v) is 12.5. The summed E-state index contributed by atoms with van der Waals surface area (Å²) in [5, 5.41) is 0. The van der Waals surface area contributed by atoms with Crippen molar-refractivity contribution in [2.24, 2.45) is 0 Å². The van der Waals surface area contributed by atoms with Gasteiger partial charge in [-0.3, -0.25) is 0 Å². The van der Waals surface area contributed by atoms with Crippen molar-refractivity contribution in [3.05, 3.63) is 0 Å². The zero-order valence-electron chi connectivity index (χ0n) is 16.1. The molecule has 152 valence electrons. The SMILES string of the molecule is SC(S)CCCCCCCCCOCCCCCCCCCC(S)S. The van der Waals surface area contributed by atoms with Gasteiger partial charge in [0.2, 0.25) is 0 Å². The molecule has 0 unspecified atom stereocenters. The van der Waals surface area contributed by atoms with E-state index >= 15 is 0 Å². The van der Waals surface area contributed by atoms with Crippen molar-refractivity contribution in [1.29, 1.82) is 0 Å². The van der Waals surface area contributed by atoms with Crippen molar-refractivity contribution in [2.45, 2.75) is 112 Å². The average Bonchev–Trinajstić information content (AvgIpc) is 2.56. The maximum atomic E-state index is 5.74. The number of ether oxygens (including phenoxy) is 1. The van der Waals surface area contributed by atoms with Crippen LogP contribution in [0.1, 0.15) is 103 Å². The van der Waals surface area contributed by atoms with E-state index < -0.39 is 0 Å². The van der Waals surface area contributed by atoms with Crippen LogP contribution in [0.2, 0.25) is 0 Å². The molecule has 0 atom stereocenters. The molecule has 0 heterocycles. The van der Waals surface area contributed by atoms with Gasteiger partial charge in [0.05, 0.1) is 0 Å². The third kappa shape index (κ3) is 25.4. The Morgan fingerprint density at radius 3 is 1.00 bits per heavy atom. The van der Waals surface area contributed by atoms with Gasteiger partial charge in [0.15, 0.2) is 0 Å². The molecule has 0 N–H and O–H groups in total. The molecule has 0 aromatic heterocycles. The Bertz CT molecular complexity index is 226. The van der Waals surface area contributed by atoms with Gasteiger partial charge >= 0.3 is 0 Å². The van der Waals surface area contributed by atoms with Crippen molar-refractivity contribution in [1.82, 2.24) is 0 Å². The minimum absolute atomic E-state index is 0.265. The molecular formula is C20H42OS4. The maximum absolute atomic E-state index is 5.74. The molecule has 1 nitrogen and oxygen atoms in total. The van der Waals surface area contributed by atoms with Gasteiger partial charge in [-0.25, -0.2) is 0 Å². The lowest BCUT2D eigenvalue weighted by Crippen LogP contribution is -1.97. The summed E-state index contributed by atoms with van der Waals surface area (Å²) in [6.07, 6.45) is 20.7. The van der Waals surface area contributed by atoms with Crippen LogP contribution in [0.5, 0.6) is 0 Å². The highest BCUT2D eigenvalue weighted by atomic mass is 32.2. The second-order valence-electron chi connectivity index (χ2n) is 7.10. The molecular weight excluding hydrogens is 384 g/mol. The predicted octanol–water partition coefficient (Wildman–Crippen LogP) is 7.62. The van der Waals surface area contributed by atoms with E-state index in [-0.39, 0.29) is 9.16 Å². The first-order valence-electron chi connectivity index (χ1n) is 10.4. The number of rotatable bonds is 20. The van der Waals surface area contributed by atoms with E-state index in [1.54, 1.807) is 0 Å². The van der Waals surface area contributed by atoms with E-state index in [0.29, 0.717) is 0 Å². The number of hydrogen-bond donors (Lipinski definition) is 4. The van der Waals surface area contributed by atoms with Crippen LogP contribution in [0.3, 0.4) is 0 Å². The summed E-state index contributed by atoms with van der Waals surface area (Å²) in [5.74, 6) is 0. The Morgan fingerprint density at radius 1 is 0.400 bits per heavy atom. The van der Waals surface area contributed by atoms with Crippen LogP contribution in [-0.2, 0) is 4.74 Å². The topological polar surface area (TPSA) is 9.23 Å². The van der Waals surface area contributed by atoms with E-state index in [1.165, 1.54) is 89.9 Å². The van der Waals surface area contributed by atoms with E-state index in [2.05, 4.69) is 50.5 Å². The number of hydrogen-bond acceptors (Lipinski definition) is 5. The lowest BCUT2D eigenvalue weighted by atomic mass is 10.1. The fourth-order valence-corrected chi connectivity index (χ4v) is 3.66. The molecule has 0 aliphatic rings. The molecule has 0 radical (unpaired) electrons. The Hall–Kier alpha value is 1.36. The van der Waals surface area contributed by atoms with Crippen molar-refractivity contribution in [3.63, 3.8) is 0 Å². The molecule has 0 rings (SSSR count). The molecule has 0 fully saturated rings. The minimum atomic E-state index is 0.265. The largest absolute Gasteiger partial charge is 0.381 e. The predicted molar refractivity (Wildman–Crippen MR) is 128 cm³/mol. The van der Waals surface area contributed by atoms with Crippen molar-refractivity contribution in [3.8, 4) is 0 Å². The maximum Gasteiger partial charge on any atom is 0.0466 e. The lowest BCUT2D eigenvalue weighted by molar-refractivity contribution is 0.125. The first kappa shape index (κ1) is 26.4. The molecule has 0 aliphatic carbocycles. The van der Waals surface area contributed by atoms with Crippen LogP contribution in [0.25, 0.3) is 0 Å². The highest BCUT2D eigenvalue weighted by Gasteiger charge is 1.97. The summed E-state index contributed by atoms with van der Waals surface area (Å²) in [5.41, 5.74) is 0. The van der Waals surface area contributed by atoms with Gasteiger partial charge in [-0.2, -0.15) is 50.5 Å². The monoisotopic (exact) mass is 426 g/mol. The number of thiol groups is 4. The van der Waals surface area contributed by atoms with Crippen LogP contribution in [0.4, 0.5) is 0 Å². The van der Waals surface area contributed by atoms with Crippen LogP contribution in [0.15, 0.2) is 0 Å². The summed E-state index contributed by atoms with van der Waals surface area (Å²) in [6, 6.07) is 0. The molecule has 25 heavy (non-hydrogen) atoms. The zero-order valence-corrected chi connectivity index (χ0v) is 19.7. The molecule has 0 spiro atoms. The second kappa shape index (κ2) is 21.7. The average molecular weight is 427 g/mol. The summed E-state index contributed by atoms with van der Waals surface area (Å²) in [6.45, 7) is 1.91. The van der Waals surface area contributed by atoms with Gasteiger partial charge in [-0.15, -0.1) is 0 Å². The van der Waals surface area contributed by atoms with E-state index in [4.69, 9.17) is 4.74 Å². The third-order valence-electron chi connectivity index (χ3n) is 4.50. The molecule has 0 aromatic carbocycles. The minimum Gasteiger partial charge on any atom is -0.381 e. The molecule has 5 heteroatoms. The van der Waals surface area contributed by atoms with Gasteiger partial charge in [-0.1, -0.05) is 77.0 Å². The first-order chi connectivity index (χ1) is 12.1. The van der Waals surface area contributed by atoms with Gasteiger partial charge in [0.1, 0.15) is 0 Å². The normalized spacial score (nSPS) is 11.8. The fourth-order valence-electron chi connectivity index (χ4n) is 2.93. The summed E-state index contributed by atoms with van der Waals surface area (Å²) in [4.78, 5) is 0. The van der Waals surface area contributed by atoms with E-state index in [0.717, 1.165) is 26.1 Å². The Morgan fingerprint density at radius 2 is 0.680 bits per heavy atom. The molecule has 0 bridgehead atoms. The Balaban J connectivity index is 2.98. The Kier molecular flexibility index (Phi) is 22.8. The number of unbranched alkanes of at least 4 members (excludes halogenated alkanes) is 12. The Labute approximate surface area is 179 Å². The van der Waals surface area contributed by atoms with Crippen molar-refractivity contribution >= 4 is 50.5 Å². The van der Waals surface area contributed by atoms with Crippen LogP contribution < -0.4 is 0 Å². The second-order valence-corrected chi connectivity index (χ2v) is 10.4. The standard InChI is InChI=1S/C20H42OS4/c22-19(23)15-11-7-3-1-5-9-13-17-21-18-14-10-6-2-4-8-12-16-20(24)25/h19-20,22-25H,1-18H2. The van der Waals surface area contributed by atoms with Crippen LogP contribution in [0, 0.1) is 0 Å². The summed E-state index contributed by atoms with van der Waals surface area (Å²) >= 11 is 17.1. The smallest absolute Gasteiger partial charge is 0.0466 e. The molecule has 0 amide bonds. The van der Waals surface area contributed by atoms with Gasteiger partial charge in [-0.05, 0) is 25.7 Å².